The number of hydrogen-bond acceptors (Lipinski definition) is 3. The van der Waals surface area contributed by atoms with E-state index < -0.39 is 0 Å². The predicted molar refractivity (Wildman–Crippen MR) is 76.9 cm³/mol. The van der Waals surface area contributed by atoms with Gasteiger partial charge in [-0.1, -0.05) is 0 Å². The molecule has 3 nitrogen and oxygen atoms in total. The second-order valence-corrected chi connectivity index (χ2v) is 5.24. The van der Waals surface area contributed by atoms with E-state index in [1.165, 1.54) is 23.9 Å². The predicted octanol–water partition coefficient (Wildman–Crippen LogP) is 3.11. The Morgan fingerprint density at radius 1 is 1.33 bits per heavy atom. The zero-order valence-electron chi connectivity index (χ0n) is 11.0. The molecular formula is C15H19N3. The lowest BCUT2D eigenvalue weighted by molar-refractivity contribution is 0.736. The summed E-state index contributed by atoms with van der Waals surface area (Å²) in [5.41, 5.74) is 10.1. The normalized spacial score (nSPS) is 19.7. The van der Waals surface area contributed by atoms with Crippen LogP contribution in [0.1, 0.15) is 25.5 Å². The van der Waals surface area contributed by atoms with Crippen molar-refractivity contribution < 1.29 is 0 Å². The monoisotopic (exact) mass is 241 g/mol. The summed E-state index contributed by atoms with van der Waals surface area (Å²) in [5, 5.41) is 1.18. The smallest absolute Gasteiger partial charge is 0.0727 e. The average Bonchev–Trinajstić information content (AvgIpc) is 2.75. The fourth-order valence-electron chi connectivity index (χ4n) is 2.88. The molecule has 1 aromatic heterocycles. The van der Waals surface area contributed by atoms with Gasteiger partial charge in [0, 0.05) is 35.0 Å². The van der Waals surface area contributed by atoms with Crippen molar-refractivity contribution in [2.24, 2.45) is 0 Å². The molecule has 1 fully saturated rings. The van der Waals surface area contributed by atoms with Gasteiger partial charge in [-0.05, 0) is 51.0 Å². The molecule has 1 aromatic carbocycles. The van der Waals surface area contributed by atoms with Gasteiger partial charge in [0.15, 0.2) is 0 Å². The topological polar surface area (TPSA) is 42.1 Å². The number of pyridine rings is 1. The van der Waals surface area contributed by atoms with Crippen LogP contribution in [0.5, 0.6) is 0 Å². The van der Waals surface area contributed by atoms with Gasteiger partial charge in [-0.25, -0.2) is 0 Å². The quantitative estimate of drug-likeness (QED) is 0.780. The molecule has 18 heavy (non-hydrogen) atoms. The van der Waals surface area contributed by atoms with Crippen LogP contribution in [0, 0.1) is 6.92 Å². The molecule has 1 saturated heterocycles. The second kappa shape index (κ2) is 4.16. The largest absolute Gasteiger partial charge is 0.399 e. The summed E-state index contributed by atoms with van der Waals surface area (Å²) in [6, 6.07) is 8.77. The molecule has 0 spiro atoms. The molecule has 0 radical (unpaired) electrons. The Hall–Kier alpha value is -1.77. The van der Waals surface area contributed by atoms with Gasteiger partial charge >= 0.3 is 0 Å². The van der Waals surface area contributed by atoms with E-state index in [9.17, 15) is 0 Å². The Labute approximate surface area is 108 Å². The number of aromatic nitrogens is 1. The molecule has 1 aliphatic rings. The van der Waals surface area contributed by atoms with Crippen molar-refractivity contribution in [1.82, 2.24) is 4.98 Å². The average molecular weight is 241 g/mol. The summed E-state index contributed by atoms with van der Waals surface area (Å²) in [7, 11) is 0. The first-order valence-electron chi connectivity index (χ1n) is 6.58. The Kier molecular flexibility index (Phi) is 2.62. The highest BCUT2D eigenvalue weighted by Gasteiger charge is 2.22. The molecule has 0 bridgehead atoms. The van der Waals surface area contributed by atoms with Crippen LogP contribution in [0.4, 0.5) is 11.4 Å². The maximum atomic E-state index is 5.92. The van der Waals surface area contributed by atoms with Crippen molar-refractivity contribution in [3.8, 4) is 0 Å². The number of nitrogens with zero attached hydrogens (tertiary/aromatic N) is 2. The van der Waals surface area contributed by atoms with Crippen LogP contribution in [0.15, 0.2) is 24.3 Å². The van der Waals surface area contributed by atoms with E-state index in [0.717, 1.165) is 23.4 Å². The van der Waals surface area contributed by atoms with Crippen LogP contribution in [0.25, 0.3) is 10.9 Å². The highest BCUT2D eigenvalue weighted by Crippen LogP contribution is 2.33. The van der Waals surface area contributed by atoms with Crippen molar-refractivity contribution in [1.29, 1.82) is 0 Å². The minimum absolute atomic E-state index is 0.608. The zero-order chi connectivity index (χ0) is 12.7. The first-order chi connectivity index (χ1) is 8.65. The van der Waals surface area contributed by atoms with Gasteiger partial charge in [0.1, 0.15) is 0 Å². The third-order valence-corrected chi connectivity index (χ3v) is 3.80. The van der Waals surface area contributed by atoms with Gasteiger partial charge in [0.25, 0.3) is 0 Å². The maximum absolute atomic E-state index is 5.92. The van der Waals surface area contributed by atoms with Gasteiger partial charge < -0.3 is 10.6 Å². The van der Waals surface area contributed by atoms with Crippen LogP contribution >= 0.6 is 0 Å². The molecule has 2 N–H and O–H groups in total. The standard InChI is InChI=1S/C15H19N3/c1-10-8-15(18-7-3-4-11(18)2)13-9-12(16)5-6-14(13)17-10/h5-6,8-9,11H,3-4,7,16H2,1-2H3. The SMILES string of the molecule is Cc1cc(N2CCCC2C)c2cc(N)ccc2n1. The number of fused-ring (bicyclic) bond motifs is 1. The minimum Gasteiger partial charge on any atom is -0.399 e. The first-order valence-corrected chi connectivity index (χ1v) is 6.58. The number of anilines is 2. The lowest BCUT2D eigenvalue weighted by Gasteiger charge is -2.25. The Balaban J connectivity index is 2.23. The number of nitrogens with two attached hydrogens (primary N) is 1. The third kappa shape index (κ3) is 1.80. The fraction of sp³-hybridized carbons (Fsp3) is 0.400. The molecule has 1 unspecified atom stereocenters. The highest BCUT2D eigenvalue weighted by molar-refractivity contribution is 5.94. The summed E-state index contributed by atoms with van der Waals surface area (Å²) in [6.07, 6.45) is 2.54. The molecule has 0 saturated carbocycles. The number of aryl methyl sites for hydroxylation is 1. The van der Waals surface area contributed by atoms with E-state index in [2.05, 4.69) is 29.8 Å². The summed E-state index contributed by atoms with van der Waals surface area (Å²) in [4.78, 5) is 7.07. The van der Waals surface area contributed by atoms with Crippen LogP contribution in [-0.2, 0) is 0 Å². The Morgan fingerprint density at radius 3 is 2.89 bits per heavy atom. The number of rotatable bonds is 1. The van der Waals surface area contributed by atoms with Crippen molar-refractivity contribution in [3.05, 3.63) is 30.0 Å². The van der Waals surface area contributed by atoms with Crippen molar-refractivity contribution >= 4 is 22.3 Å². The van der Waals surface area contributed by atoms with Crippen molar-refractivity contribution in [3.63, 3.8) is 0 Å². The lowest BCUT2D eigenvalue weighted by Crippen LogP contribution is -2.26. The maximum Gasteiger partial charge on any atom is 0.0727 e. The van der Waals surface area contributed by atoms with E-state index in [4.69, 9.17) is 5.73 Å². The van der Waals surface area contributed by atoms with Crippen molar-refractivity contribution in [2.75, 3.05) is 17.2 Å². The molecular weight excluding hydrogens is 222 g/mol. The molecule has 3 heteroatoms. The number of nitrogen functional groups attached to an aromatic ring is 1. The van der Waals surface area contributed by atoms with Crippen LogP contribution in [0.3, 0.4) is 0 Å². The van der Waals surface area contributed by atoms with Gasteiger partial charge in [-0.3, -0.25) is 4.98 Å². The van der Waals surface area contributed by atoms with Crippen LogP contribution < -0.4 is 10.6 Å². The van der Waals surface area contributed by atoms with E-state index in [1.807, 2.05) is 18.2 Å². The summed E-state index contributed by atoms with van der Waals surface area (Å²) in [6.45, 7) is 5.48. The zero-order valence-corrected chi connectivity index (χ0v) is 11.0. The Bertz CT molecular complexity index is 592. The first kappa shape index (κ1) is 11.3. The number of hydrogen-bond donors (Lipinski definition) is 1. The highest BCUT2D eigenvalue weighted by atomic mass is 15.2. The van der Waals surface area contributed by atoms with Gasteiger partial charge in [0.2, 0.25) is 0 Å². The molecule has 0 aliphatic carbocycles. The van der Waals surface area contributed by atoms with E-state index in [0.29, 0.717) is 6.04 Å². The van der Waals surface area contributed by atoms with E-state index in [1.54, 1.807) is 0 Å². The molecule has 94 valence electrons. The summed E-state index contributed by atoms with van der Waals surface area (Å²) in [5.74, 6) is 0. The molecule has 1 atom stereocenters. The van der Waals surface area contributed by atoms with E-state index >= 15 is 0 Å². The minimum atomic E-state index is 0.608. The second-order valence-electron chi connectivity index (χ2n) is 5.24. The lowest BCUT2D eigenvalue weighted by atomic mass is 10.1. The van der Waals surface area contributed by atoms with Crippen LogP contribution in [0.2, 0.25) is 0 Å². The summed E-state index contributed by atoms with van der Waals surface area (Å²) >= 11 is 0. The van der Waals surface area contributed by atoms with Crippen molar-refractivity contribution in [2.45, 2.75) is 32.7 Å². The van der Waals surface area contributed by atoms with Crippen LogP contribution in [-0.4, -0.2) is 17.6 Å². The summed E-state index contributed by atoms with van der Waals surface area (Å²) < 4.78 is 0. The molecule has 0 amide bonds. The van der Waals surface area contributed by atoms with E-state index in [-0.39, 0.29) is 0 Å². The fourth-order valence-corrected chi connectivity index (χ4v) is 2.88. The number of benzene rings is 1. The molecule has 3 rings (SSSR count). The molecule has 2 heterocycles. The Morgan fingerprint density at radius 2 is 2.17 bits per heavy atom. The van der Waals surface area contributed by atoms with Gasteiger partial charge in [-0.15, -0.1) is 0 Å². The third-order valence-electron chi connectivity index (χ3n) is 3.80. The molecule has 2 aromatic rings. The molecule has 1 aliphatic heterocycles. The van der Waals surface area contributed by atoms with Gasteiger partial charge in [0.05, 0.1) is 5.52 Å². The van der Waals surface area contributed by atoms with Gasteiger partial charge in [-0.2, -0.15) is 0 Å².